The van der Waals surface area contributed by atoms with Crippen LogP contribution in [-0.4, -0.2) is 28.8 Å². The zero-order valence-corrected chi connectivity index (χ0v) is 10.5. The molecule has 0 spiro atoms. The number of ether oxygens (including phenoxy) is 1. The van der Waals surface area contributed by atoms with E-state index in [1.807, 2.05) is 6.92 Å². The number of alkyl carbamates (subject to hydrolysis) is 1. The molecule has 0 aromatic heterocycles. The number of nitrogens with one attached hydrogen (secondary N) is 1. The molecular weight excluding hydrogens is 210 g/mol. The third-order valence-electron chi connectivity index (χ3n) is 2.15. The van der Waals surface area contributed by atoms with E-state index < -0.39 is 23.7 Å². The molecule has 1 amide bonds. The minimum Gasteiger partial charge on any atom is -0.480 e. The molecule has 2 N–H and O–H groups in total. The molecule has 0 aliphatic carbocycles. The van der Waals surface area contributed by atoms with Crippen LogP contribution in [0.4, 0.5) is 4.79 Å². The summed E-state index contributed by atoms with van der Waals surface area (Å²) in [6, 6.07) is -0.903. The fourth-order valence-corrected chi connectivity index (χ4v) is 1.12. The third kappa shape index (κ3) is 5.58. The summed E-state index contributed by atoms with van der Waals surface area (Å²) in [7, 11) is 0. The standard InChI is InChI=1S/C11H21NO4/c1-6-7(2)8(9(13)14)12-10(15)16-11(3,4)5/h7-8H,6H2,1-5H3,(H,12,15)(H,13,14)/t7-,8+/m1/s1. The Morgan fingerprint density at radius 1 is 1.38 bits per heavy atom. The van der Waals surface area contributed by atoms with E-state index in [0.717, 1.165) is 0 Å². The van der Waals surface area contributed by atoms with Crippen LogP contribution in [0.3, 0.4) is 0 Å². The second-order valence-corrected chi connectivity index (χ2v) is 4.85. The average Bonchev–Trinajstić information content (AvgIpc) is 2.09. The van der Waals surface area contributed by atoms with Crippen LogP contribution >= 0.6 is 0 Å². The molecule has 0 bridgehead atoms. The van der Waals surface area contributed by atoms with E-state index in [-0.39, 0.29) is 5.92 Å². The van der Waals surface area contributed by atoms with Crippen LogP contribution in [-0.2, 0) is 9.53 Å². The van der Waals surface area contributed by atoms with Crippen LogP contribution in [0.2, 0.25) is 0 Å². The zero-order valence-electron chi connectivity index (χ0n) is 10.5. The van der Waals surface area contributed by atoms with Crippen molar-refractivity contribution in [2.45, 2.75) is 52.7 Å². The van der Waals surface area contributed by atoms with Gasteiger partial charge in [-0.25, -0.2) is 9.59 Å². The third-order valence-corrected chi connectivity index (χ3v) is 2.15. The SMILES string of the molecule is CC[C@@H](C)[C@H](NC(=O)OC(C)(C)C)C(=O)O. The summed E-state index contributed by atoms with van der Waals surface area (Å²) in [5.41, 5.74) is -0.622. The maximum atomic E-state index is 11.4. The van der Waals surface area contributed by atoms with Crippen LogP contribution in [0, 0.1) is 5.92 Å². The van der Waals surface area contributed by atoms with Crippen LogP contribution < -0.4 is 5.32 Å². The van der Waals surface area contributed by atoms with Gasteiger partial charge < -0.3 is 15.2 Å². The molecule has 5 heteroatoms. The lowest BCUT2D eigenvalue weighted by molar-refractivity contribution is -0.140. The van der Waals surface area contributed by atoms with E-state index in [1.165, 1.54) is 0 Å². The molecular formula is C11H21NO4. The highest BCUT2D eigenvalue weighted by Crippen LogP contribution is 2.11. The van der Waals surface area contributed by atoms with E-state index in [4.69, 9.17) is 9.84 Å². The predicted molar refractivity (Wildman–Crippen MR) is 60.2 cm³/mol. The molecule has 0 aliphatic heterocycles. The molecule has 0 saturated carbocycles. The number of carbonyl (C=O) groups excluding carboxylic acids is 1. The van der Waals surface area contributed by atoms with Crippen molar-refractivity contribution >= 4 is 12.1 Å². The fraction of sp³-hybridized carbons (Fsp3) is 0.818. The monoisotopic (exact) mass is 231 g/mol. The Hall–Kier alpha value is -1.26. The molecule has 0 saturated heterocycles. The Bertz CT molecular complexity index is 257. The molecule has 2 atom stereocenters. The van der Waals surface area contributed by atoms with E-state index in [0.29, 0.717) is 6.42 Å². The van der Waals surface area contributed by atoms with Crippen molar-refractivity contribution in [2.24, 2.45) is 5.92 Å². The molecule has 0 fully saturated rings. The van der Waals surface area contributed by atoms with Crippen molar-refractivity contribution in [3.63, 3.8) is 0 Å². The van der Waals surface area contributed by atoms with Crippen LogP contribution in [0.25, 0.3) is 0 Å². The van der Waals surface area contributed by atoms with Gasteiger partial charge in [-0.1, -0.05) is 20.3 Å². The smallest absolute Gasteiger partial charge is 0.408 e. The largest absolute Gasteiger partial charge is 0.480 e. The number of hydrogen-bond acceptors (Lipinski definition) is 3. The first-order valence-electron chi connectivity index (χ1n) is 5.39. The molecule has 0 unspecified atom stereocenters. The Kier molecular flexibility index (Phi) is 5.27. The Labute approximate surface area is 96.2 Å². The molecule has 0 aromatic rings. The second-order valence-electron chi connectivity index (χ2n) is 4.85. The Balaban J connectivity index is 4.42. The lowest BCUT2D eigenvalue weighted by Gasteiger charge is -2.24. The highest BCUT2D eigenvalue weighted by Gasteiger charge is 2.27. The summed E-state index contributed by atoms with van der Waals surface area (Å²) in [5, 5.41) is 11.3. The zero-order chi connectivity index (χ0) is 12.9. The Morgan fingerprint density at radius 3 is 2.19 bits per heavy atom. The van der Waals surface area contributed by atoms with Gasteiger partial charge in [-0.3, -0.25) is 0 Å². The second kappa shape index (κ2) is 5.72. The number of aliphatic carboxylic acids is 1. The number of rotatable bonds is 4. The topological polar surface area (TPSA) is 75.6 Å². The number of carboxylic acid groups (broad SMARTS) is 1. The van der Waals surface area contributed by atoms with E-state index in [2.05, 4.69) is 5.32 Å². The summed E-state index contributed by atoms with van der Waals surface area (Å²) in [5.74, 6) is -1.18. The summed E-state index contributed by atoms with van der Waals surface area (Å²) in [4.78, 5) is 22.3. The fourth-order valence-electron chi connectivity index (χ4n) is 1.12. The van der Waals surface area contributed by atoms with E-state index in [1.54, 1.807) is 27.7 Å². The molecule has 0 heterocycles. The van der Waals surface area contributed by atoms with Gasteiger partial charge in [-0.05, 0) is 26.7 Å². The van der Waals surface area contributed by atoms with Gasteiger partial charge in [0.2, 0.25) is 0 Å². The van der Waals surface area contributed by atoms with Crippen molar-refractivity contribution in [3.8, 4) is 0 Å². The van der Waals surface area contributed by atoms with Crippen LogP contribution in [0.15, 0.2) is 0 Å². The minimum atomic E-state index is -1.04. The van der Waals surface area contributed by atoms with Crippen LogP contribution in [0.5, 0.6) is 0 Å². The molecule has 16 heavy (non-hydrogen) atoms. The lowest BCUT2D eigenvalue weighted by Crippen LogP contribution is -2.46. The van der Waals surface area contributed by atoms with Crippen LogP contribution in [0.1, 0.15) is 41.0 Å². The van der Waals surface area contributed by atoms with Crippen molar-refractivity contribution in [3.05, 3.63) is 0 Å². The van der Waals surface area contributed by atoms with E-state index >= 15 is 0 Å². The van der Waals surface area contributed by atoms with Crippen molar-refractivity contribution in [1.29, 1.82) is 0 Å². The highest BCUT2D eigenvalue weighted by molar-refractivity contribution is 5.80. The maximum Gasteiger partial charge on any atom is 0.408 e. The summed E-state index contributed by atoms with van der Waals surface area (Å²) in [6.07, 6.45) is -0.0209. The first-order valence-corrected chi connectivity index (χ1v) is 5.39. The highest BCUT2D eigenvalue weighted by atomic mass is 16.6. The van der Waals surface area contributed by atoms with Gasteiger partial charge in [0, 0.05) is 0 Å². The number of hydrogen-bond donors (Lipinski definition) is 2. The quantitative estimate of drug-likeness (QED) is 0.776. The van der Waals surface area contributed by atoms with Crippen molar-refractivity contribution in [1.82, 2.24) is 5.32 Å². The van der Waals surface area contributed by atoms with Gasteiger partial charge in [0.1, 0.15) is 11.6 Å². The van der Waals surface area contributed by atoms with Gasteiger partial charge in [-0.15, -0.1) is 0 Å². The molecule has 0 radical (unpaired) electrons. The molecule has 94 valence electrons. The van der Waals surface area contributed by atoms with Gasteiger partial charge in [0.25, 0.3) is 0 Å². The first-order chi connectivity index (χ1) is 7.17. The van der Waals surface area contributed by atoms with E-state index in [9.17, 15) is 9.59 Å². The minimum absolute atomic E-state index is 0.134. The normalized spacial score (nSPS) is 15.1. The number of amides is 1. The maximum absolute atomic E-state index is 11.4. The van der Waals surface area contributed by atoms with Gasteiger partial charge in [0.05, 0.1) is 0 Å². The molecule has 5 nitrogen and oxygen atoms in total. The van der Waals surface area contributed by atoms with Crippen molar-refractivity contribution in [2.75, 3.05) is 0 Å². The number of carbonyl (C=O) groups is 2. The molecule has 0 rings (SSSR count). The average molecular weight is 231 g/mol. The summed E-state index contributed by atoms with van der Waals surface area (Å²) >= 11 is 0. The first kappa shape index (κ1) is 14.7. The molecule has 0 aromatic carbocycles. The molecule has 0 aliphatic rings. The summed E-state index contributed by atoms with van der Waals surface area (Å²) in [6.45, 7) is 8.83. The number of carboxylic acids is 1. The van der Waals surface area contributed by atoms with Gasteiger partial charge in [0.15, 0.2) is 0 Å². The lowest BCUT2D eigenvalue weighted by atomic mass is 10.00. The summed E-state index contributed by atoms with van der Waals surface area (Å²) < 4.78 is 5.00. The predicted octanol–water partition coefficient (Wildman–Crippen LogP) is 2.01. The van der Waals surface area contributed by atoms with Gasteiger partial charge in [-0.2, -0.15) is 0 Å². The Morgan fingerprint density at radius 2 is 1.88 bits per heavy atom. The van der Waals surface area contributed by atoms with Crippen molar-refractivity contribution < 1.29 is 19.4 Å². The van der Waals surface area contributed by atoms with Gasteiger partial charge >= 0.3 is 12.1 Å².